The summed E-state index contributed by atoms with van der Waals surface area (Å²) < 4.78 is 1.89. The molecule has 3 nitrogen and oxygen atoms in total. The van der Waals surface area contributed by atoms with Gasteiger partial charge in [0.25, 0.3) is 0 Å². The molecule has 3 heterocycles. The van der Waals surface area contributed by atoms with Gasteiger partial charge < -0.3 is 0 Å². The van der Waals surface area contributed by atoms with E-state index in [1.165, 1.54) is 10.4 Å². The molecule has 6 heteroatoms. The molecule has 0 unspecified atom stereocenters. The van der Waals surface area contributed by atoms with Gasteiger partial charge in [0, 0.05) is 23.2 Å². The quantitative estimate of drug-likeness (QED) is 0.458. The summed E-state index contributed by atoms with van der Waals surface area (Å²) in [6, 6.07) is 14.1. The Morgan fingerprint density at radius 2 is 2.13 bits per heavy atom. The number of thiophene rings is 1. The molecule has 4 rings (SSSR count). The van der Waals surface area contributed by atoms with Crippen LogP contribution in [0.25, 0.3) is 16.1 Å². The van der Waals surface area contributed by atoms with Crippen molar-refractivity contribution in [3.8, 4) is 10.6 Å². The Bertz CT molecular complexity index is 948. The fourth-order valence-electron chi connectivity index (χ4n) is 2.33. The minimum atomic E-state index is 0.763. The van der Waals surface area contributed by atoms with Gasteiger partial charge in [-0.15, -0.1) is 11.3 Å². The Balaban J connectivity index is 1.64. The standard InChI is InChI=1S/C17H12ClN3S2/c18-13-4-1-3-12(9-13)11-23-17-15-10-14(16-5-2-8-22-16)20-21(15)7-6-19-17/h1-10H,11H2. The predicted molar refractivity (Wildman–Crippen MR) is 97.3 cm³/mol. The van der Waals surface area contributed by atoms with Gasteiger partial charge in [-0.05, 0) is 35.2 Å². The zero-order chi connectivity index (χ0) is 15.6. The van der Waals surface area contributed by atoms with Crippen LogP contribution in [0.4, 0.5) is 0 Å². The lowest BCUT2D eigenvalue weighted by Gasteiger charge is -2.03. The van der Waals surface area contributed by atoms with Crippen molar-refractivity contribution in [2.45, 2.75) is 10.8 Å². The van der Waals surface area contributed by atoms with Crippen molar-refractivity contribution >= 4 is 40.2 Å². The minimum absolute atomic E-state index is 0.763. The molecule has 0 aliphatic heterocycles. The van der Waals surface area contributed by atoms with E-state index in [9.17, 15) is 0 Å². The topological polar surface area (TPSA) is 30.2 Å². The molecule has 0 spiro atoms. The number of benzene rings is 1. The normalized spacial score (nSPS) is 11.2. The van der Waals surface area contributed by atoms with Gasteiger partial charge in [-0.3, -0.25) is 0 Å². The summed E-state index contributed by atoms with van der Waals surface area (Å²) in [5.41, 5.74) is 3.20. The van der Waals surface area contributed by atoms with Crippen LogP contribution in [0.3, 0.4) is 0 Å². The van der Waals surface area contributed by atoms with Crippen LogP contribution in [0, 0.1) is 0 Å². The molecule has 0 saturated heterocycles. The molecule has 0 saturated carbocycles. The SMILES string of the molecule is Clc1cccc(CSc2nccn3nc(-c4cccs4)cc23)c1. The number of rotatable bonds is 4. The number of halogens is 1. The van der Waals surface area contributed by atoms with Crippen LogP contribution in [0.5, 0.6) is 0 Å². The predicted octanol–water partition coefficient (Wildman–Crippen LogP) is 5.40. The molecule has 3 aromatic heterocycles. The second-order valence-corrected chi connectivity index (χ2v) is 7.34. The molecule has 114 valence electrons. The molecule has 0 radical (unpaired) electrons. The highest BCUT2D eigenvalue weighted by Gasteiger charge is 2.10. The molecule has 0 bridgehead atoms. The van der Waals surface area contributed by atoms with Crippen LogP contribution < -0.4 is 0 Å². The summed E-state index contributed by atoms with van der Waals surface area (Å²) in [6.07, 6.45) is 3.67. The highest BCUT2D eigenvalue weighted by molar-refractivity contribution is 7.98. The number of aromatic nitrogens is 3. The third-order valence-corrected chi connectivity index (χ3v) is 5.59. The number of hydrogen-bond acceptors (Lipinski definition) is 4. The second kappa shape index (κ2) is 6.35. The molecule has 1 aromatic carbocycles. The van der Waals surface area contributed by atoms with Gasteiger partial charge in [-0.1, -0.05) is 41.6 Å². The maximum atomic E-state index is 6.04. The van der Waals surface area contributed by atoms with E-state index in [2.05, 4.69) is 33.7 Å². The van der Waals surface area contributed by atoms with Gasteiger partial charge in [-0.2, -0.15) is 5.10 Å². The van der Waals surface area contributed by atoms with Gasteiger partial charge in [0.15, 0.2) is 0 Å². The van der Waals surface area contributed by atoms with Crippen molar-refractivity contribution in [3.05, 3.63) is 70.8 Å². The minimum Gasteiger partial charge on any atom is -0.246 e. The van der Waals surface area contributed by atoms with Crippen molar-refractivity contribution in [1.82, 2.24) is 14.6 Å². The van der Waals surface area contributed by atoms with Crippen LogP contribution in [-0.2, 0) is 5.75 Å². The first-order valence-corrected chi connectivity index (χ1v) is 9.29. The first-order valence-electron chi connectivity index (χ1n) is 7.05. The molecular formula is C17H12ClN3S2. The molecule has 0 atom stereocenters. The van der Waals surface area contributed by atoms with Crippen LogP contribution in [-0.4, -0.2) is 14.6 Å². The largest absolute Gasteiger partial charge is 0.246 e. The van der Waals surface area contributed by atoms with Crippen molar-refractivity contribution < 1.29 is 0 Å². The van der Waals surface area contributed by atoms with E-state index >= 15 is 0 Å². The lowest BCUT2D eigenvalue weighted by atomic mass is 10.2. The molecule has 0 aliphatic rings. The fraction of sp³-hybridized carbons (Fsp3) is 0.0588. The third-order valence-electron chi connectivity index (χ3n) is 3.39. The molecule has 0 aliphatic carbocycles. The fourth-order valence-corrected chi connectivity index (χ4v) is 4.15. The van der Waals surface area contributed by atoms with Crippen LogP contribution in [0.2, 0.25) is 5.02 Å². The third kappa shape index (κ3) is 3.13. The van der Waals surface area contributed by atoms with E-state index in [0.29, 0.717) is 0 Å². The number of fused-ring (bicyclic) bond motifs is 1. The summed E-state index contributed by atoms with van der Waals surface area (Å²) in [4.78, 5) is 5.68. The van der Waals surface area contributed by atoms with E-state index in [4.69, 9.17) is 11.6 Å². The maximum Gasteiger partial charge on any atom is 0.122 e. The van der Waals surface area contributed by atoms with Crippen molar-refractivity contribution in [2.75, 3.05) is 0 Å². The van der Waals surface area contributed by atoms with E-state index in [-0.39, 0.29) is 0 Å². The molecule has 4 aromatic rings. The van der Waals surface area contributed by atoms with E-state index in [1.54, 1.807) is 29.3 Å². The van der Waals surface area contributed by atoms with Gasteiger partial charge >= 0.3 is 0 Å². The first-order chi connectivity index (χ1) is 11.3. The number of hydrogen-bond donors (Lipinski definition) is 0. The van der Waals surface area contributed by atoms with Crippen molar-refractivity contribution in [2.24, 2.45) is 0 Å². The second-order valence-electron chi connectivity index (χ2n) is 4.99. The molecule has 0 N–H and O–H groups in total. The zero-order valence-corrected chi connectivity index (χ0v) is 14.4. The highest BCUT2D eigenvalue weighted by atomic mass is 35.5. The first kappa shape index (κ1) is 14.8. The molecule has 23 heavy (non-hydrogen) atoms. The summed E-state index contributed by atoms with van der Waals surface area (Å²) in [5.74, 6) is 0.826. The van der Waals surface area contributed by atoms with Crippen LogP contribution >= 0.6 is 34.7 Å². The Hall–Kier alpha value is -1.82. The maximum absolute atomic E-state index is 6.04. The molecule has 0 amide bonds. The highest BCUT2D eigenvalue weighted by Crippen LogP contribution is 2.30. The number of thioether (sulfide) groups is 1. The van der Waals surface area contributed by atoms with Crippen LogP contribution in [0.1, 0.15) is 5.56 Å². The lowest BCUT2D eigenvalue weighted by molar-refractivity contribution is 0.921. The van der Waals surface area contributed by atoms with E-state index in [0.717, 1.165) is 27.0 Å². The Kier molecular flexibility index (Phi) is 4.08. The summed E-state index contributed by atoms with van der Waals surface area (Å²) >= 11 is 9.43. The molecular weight excluding hydrogens is 346 g/mol. The average Bonchev–Trinajstić information content (AvgIpc) is 3.21. The van der Waals surface area contributed by atoms with Gasteiger partial charge in [0.2, 0.25) is 0 Å². The summed E-state index contributed by atoms with van der Waals surface area (Å²) in [6.45, 7) is 0. The van der Waals surface area contributed by atoms with Crippen molar-refractivity contribution in [3.63, 3.8) is 0 Å². The van der Waals surface area contributed by atoms with Gasteiger partial charge in [0.1, 0.15) is 10.7 Å². The smallest absolute Gasteiger partial charge is 0.122 e. The van der Waals surface area contributed by atoms with Crippen molar-refractivity contribution in [1.29, 1.82) is 0 Å². The average molecular weight is 358 g/mol. The Labute approximate surface area is 147 Å². The Morgan fingerprint density at radius 3 is 2.96 bits per heavy atom. The van der Waals surface area contributed by atoms with Crippen LogP contribution in [0.15, 0.2) is 65.3 Å². The number of nitrogens with zero attached hydrogens (tertiary/aromatic N) is 3. The van der Waals surface area contributed by atoms with Gasteiger partial charge in [-0.25, -0.2) is 9.50 Å². The molecule has 0 fully saturated rings. The summed E-state index contributed by atoms with van der Waals surface area (Å²) in [7, 11) is 0. The van der Waals surface area contributed by atoms with E-state index < -0.39 is 0 Å². The summed E-state index contributed by atoms with van der Waals surface area (Å²) in [5, 5.41) is 8.44. The van der Waals surface area contributed by atoms with E-state index in [1.807, 2.05) is 35.0 Å². The van der Waals surface area contributed by atoms with Gasteiger partial charge in [0.05, 0.1) is 10.4 Å². The lowest BCUT2D eigenvalue weighted by Crippen LogP contribution is -1.91. The monoisotopic (exact) mass is 357 g/mol. The zero-order valence-electron chi connectivity index (χ0n) is 12.0. The Morgan fingerprint density at radius 1 is 1.17 bits per heavy atom.